The molecule has 0 radical (unpaired) electrons. The molecule has 1 amide bonds. The number of aliphatic hydroxyl groups is 1. The molecule has 3 heterocycles. The SMILES string of the molecule is Cc1ccc(S(=O)(=O)NC(=O)c2ccc3c(c2)CCC[C@@]3(O)c2ncc(-c3cc(C)cc(Nc4cc(C(F)(F)F)ccn4)n3)s2)cc1. The summed E-state index contributed by atoms with van der Waals surface area (Å²) < 4.78 is 67.2. The van der Waals surface area contributed by atoms with Gasteiger partial charge < -0.3 is 10.4 Å². The number of pyridine rings is 2. The predicted octanol–water partition coefficient (Wildman–Crippen LogP) is 6.67. The zero-order valence-corrected chi connectivity index (χ0v) is 26.7. The number of nitrogens with one attached hydrogen (secondary N) is 2. The number of aromatic nitrogens is 3. The first-order valence-corrected chi connectivity index (χ1v) is 16.8. The zero-order chi connectivity index (χ0) is 33.6. The van der Waals surface area contributed by atoms with Gasteiger partial charge in [-0.2, -0.15) is 13.2 Å². The molecule has 47 heavy (non-hydrogen) atoms. The quantitative estimate of drug-likeness (QED) is 0.174. The van der Waals surface area contributed by atoms with Crippen LogP contribution in [0.2, 0.25) is 0 Å². The van der Waals surface area contributed by atoms with Gasteiger partial charge in [0, 0.05) is 18.0 Å². The second-order valence-electron chi connectivity index (χ2n) is 11.3. The molecule has 242 valence electrons. The van der Waals surface area contributed by atoms with Crippen LogP contribution < -0.4 is 10.0 Å². The van der Waals surface area contributed by atoms with Gasteiger partial charge in [0.1, 0.15) is 22.2 Å². The minimum atomic E-state index is -4.52. The highest BCUT2D eigenvalue weighted by atomic mass is 32.2. The van der Waals surface area contributed by atoms with Gasteiger partial charge in [0.2, 0.25) is 0 Å². The molecule has 0 unspecified atom stereocenters. The summed E-state index contributed by atoms with van der Waals surface area (Å²) in [5, 5.41) is 15.2. The maximum absolute atomic E-state index is 13.2. The van der Waals surface area contributed by atoms with Crippen LogP contribution in [0, 0.1) is 13.8 Å². The van der Waals surface area contributed by atoms with Gasteiger partial charge in [0.25, 0.3) is 15.9 Å². The standard InChI is InChI=1S/C33H28F3N5O4S2/c1-19-5-8-24(9-6-19)47(44,45)41-30(42)22-7-10-25-21(16-22)4-3-12-32(25,43)31-38-18-27(46-31)26-14-20(2)15-29(39-26)40-28-17-23(11-13-37-28)33(34,35)36/h5-11,13-18,43H,3-4,12H2,1-2H3,(H,41,42)(H,37,39,40)/t32-/m0/s1. The van der Waals surface area contributed by atoms with E-state index in [1.54, 1.807) is 42.6 Å². The van der Waals surface area contributed by atoms with Crippen LogP contribution in [0.5, 0.6) is 0 Å². The van der Waals surface area contributed by atoms with Gasteiger partial charge in [-0.3, -0.25) is 4.79 Å². The lowest BCUT2D eigenvalue weighted by atomic mass is 9.79. The Bertz CT molecular complexity index is 2100. The van der Waals surface area contributed by atoms with Crippen molar-refractivity contribution in [3.05, 3.63) is 118 Å². The minimum absolute atomic E-state index is 0.0113. The summed E-state index contributed by atoms with van der Waals surface area (Å²) in [6.45, 7) is 3.65. The number of sulfonamides is 1. The van der Waals surface area contributed by atoms with Gasteiger partial charge in [-0.25, -0.2) is 28.1 Å². The zero-order valence-electron chi connectivity index (χ0n) is 25.1. The van der Waals surface area contributed by atoms with Crippen LogP contribution in [0.1, 0.15) is 56.0 Å². The number of benzene rings is 2. The van der Waals surface area contributed by atoms with E-state index < -0.39 is 33.3 Å². The Hall–Kier alpha value is -4.66. The van der Waals surface area contributed by atoms with Gasteiger partial charge in [-0.1, -0.05) is 23.8 Å². The fourth-order valence-corrected chi connectivity index (χ4v) is 7.43. The molecule has 5 aromatic rings. The van der Waals surface area contributed by atoms with Crippen molar-refractivity contribution in [2.24, 2.45) is 0 Å². The van der Waals surface area contributed by atoms with E-state index in [1.165, 1.54) is 29.5 Å². The fourth-order valence-electron chi connectivity index (χ4n) is 5.44. The summed E-state index contributed by atoms with van der Waals surface area (Å²) in [5.41, 5.74) is 1.28. The molecule has 0 fully saturated rings. The van der Waals surface area contributed by atoms with Crippen molar-refractivity contribution in [3.8, 4) is 10.6 Å². The summed E-state index contributed by atoms with van der Waals surface area (Å²) in [6, 6.07) is 16.1. The Kier molecular flexibility index (Phi) is 8.36. The molecule has 3 aromatic heterocycles. The van der Waals surface area contributed by atoms with Crippen LogP contribution in [0.3, 0.4) is 0 Å². The molecule has 0 bridgehead atoms. The molecule has 6 rings (SSSR count). The summed E-state index contributed by atoms with van der Waals surface area (Å²) in [5.74, 6) is -0.504. The molecular formula is C33H28F3N5O4S2. The first kappa shape index (κ1) is 32.3. The highest BCUT2D eigenvalue weighted by Crippen LogP contribution is 2.44. The number of alkyl halides is 3. The first-order valence-electron chi connectivity index (χ1n) is 14.5. The van der Waals surface area contributed by atoms with E-state index in [9.17, 15) is 31.5 Å². The number of nitrogens with zero attached hydrogens (tertiary/aromatic N) is 3. The van der Waals surface area contributed by atoms with Crippen molar-refractivity contribution < 1.29 is 31.5 Å². The Morgan fingerprint density at radius 2 is 1.72 bits per heavy atom. The third-order valence-corrected chi connectivity index (χ3v) is 10.3. The molecule has 1 aliphatic carbocycles. The number of carbonyl (C=O) groups is 1. The molecule has 0 spiro atoms. The van der Waals surface area contributed by atoms with Gasteiger partial charge >= 0.3 is 6.18 Å². The van der Waals surface area contributed by atoms with Crippen molar-refractivity contribution in [2.75, 3.05) is 5.32 Å². The predicted molar refractivity (Wildman–Crippen MR) is 171 cm³/mol. The number of carbonyl (C=O) groups excluding carboxylic acids is 1. The number of anilines is 2. The lowest BCUT2D eigenvalue weighted by Crippen LogP contribution is -2.33. The average Bonchev–Trinajstić information content (AvgIpc) is 3.52. The number of fused-ring (bicyclic) bond motifs is 1. The van der Waals surface area contributed by atoms with Crippen LogP contribution in [0.25, 0.3) is 10.6 Å². The third-order valence-electron chi connectivity index (χ3n) is 7.78. The van der Waals surface area contributed by atoms with Gasteiger partial charge in [0.05, 0.1) is 21.0 Å². The number of hydrogen-bond donors (Lipinski definition) is 3. The smallest absolute Gasteiger partial charge is 0.378 e. The van der Waals surface area contributed by atoms with Crippen LogP contribution >= 0.6 is 11.3 Å². The summed E-state index contributed by atoms with van der Waals surface area (Å²) in [6.07, 6.45) is -0.333. The average molecular weight is 680 g/mol. The number of thiazole rings is 1. The monoisotopic (exact) mass is 679 g/mol. The Balaban J connectivity index is 1.24. The highest BCUT2D eigenvalue weighted by Gasteiger charge is 2.39. The summed E-state index contributed by atoms with van der Waals surface area (Å²) >= 11 is 1.23. The molecule has 0 saturated carbocycles. The van der Waals surface area contributed by atoms with Gasteiger partial charge in [0.15, 0.2) is 0 Å². The first-order chi connectivity index (χ1) is 22.2. The molecule has 0 aliphatic heterocycles. The minimum Gasteiger partial charge on any atom is -0.378 e. The Labute approximate surface area is 272 Å². The fraction of sp³-hybridized carbons (Fsp3) is 0.212. The Morgan fingerprint density at radius 1 is 0.957 bits per heavy atom. The number of rotatable bonds is 7. The van der Waals surface area contributed by atoms with Crippen LogP contribution in [-0.4, -0.2) is 34.4 Å². The maximum atomic E-state index is 13.2. The lowest BCUT2D eigenvalue weighted by molar-refractivity contribution is -0.137. The number of hydrogen-bond acceptors (Lipinski definition) is 9. The van der Waals surface area contributed by atoms with Gasteiger partial charge in [-0.05, 0) is 98.3 Å². The highest BCUT2D eigenvalue weighted by molar-refractivity contribution is 7.90. The molecule has 9 nitrogen and oxygen atoms in total. The van der Waals surface area contributed by atoms with Crippen molar-refractivity contribution in [1.29, 1.82) is 0 Å². The summed E-state index contributed by atoms with van der Waals surface area (Å²) in [7, 11) is -4.08. The lowest BCUT2D eigenvalue weighted by Gasteiger charge is -2.33. The van der Waals surface area contributed by atoms with Crippen molar-refractivity contribution in [2.45, 2.75) is 49.8 Å². The summed E-state index contributed by atoms with van der Waals surface area (Å²) in [4.78, 5) is 26.7. The van der Waals surface area contributed by atoms with Crippen LogP contribution in [-0.2, 0) is 28.2 Å². The molecule has 1 atom stereocenters. The molecule has 1 aliphatic rings. The second-order valence-corrected chi connectivity index (χ2v) is 14.0. The third kappa shape index (κ3) is 6.75. The normalized spacial score (nSPS) is 16.4. The van der Waals surface area contributed by atoms with Gasteiger partial charge in [-0.15, -0.1) is 11.3 Å². The van der Waals surface area contributed by atoms with Crippen molar-refractivity contribution in [1.82, 2.24) is 19.7 Å². The van der Waals surface area contributed by atoms with E-state index in [0.29, 0.717) is 51.8 Å². The van der Waals surface area contributed by atoms with E-state index in [1.807, 2.05) is 13.8 Å². The largest absolute Gasteiger partial charge is 0.416 e. The van der Waals surface area contributed by atoms with E-state index >= 15 is 0 Å². The molecule has 0 saturated heterocycles. The number of halogens is 3. The molecule has 14 heteroatoms. The molecule has 3 N–H and O–H groups in total. The van der Waals surface area contributed by atoms with E-state index in [0.717, 1.165) is 29.5 Å². The van der Waals surface area contributed by atoms with E-state index in [4.69, 9.17) is 0 Å². The molecular weight excluding hydrogens is 652 g/mol. The molecule has 2 aromatic carbocycles. The topological polar surface area (TPSA) is 134 Å². The number of amides is 1. The Morgan fingerprint density at radius 3 is 2.47 bits per heavy atom. The van der Waals surface area contributed by atoms with E-state index in [-0.39, 0.29) is 16.3 Å². The second kappa shape index (κ2) is 12.2. The van der Waals surface area contributed by atoms with Crippen molar-refractivity contribution >= 4 is 38.9 Å². The van der Waals surface area contributed by atoms with Crippen LogP contribution in [0.4, 0.5) is 24.8 Å². The maximum Gasteiger partial charge on any atom is 0.416 e. The number of aryl methyl sites for hydroxylation is 3. The van der Waals surface area contributed by atoms with Crippen molar-refractivity contribution in [3.63, 3.8) is 0 Å². The van der Waals surface area contributed by atoms with E-state index in [2.05, 4.69) is 25.0 Å². The van der Waals surface area contributed by atoms with Crippen LogP contribution in [0.15, 0.2) is 84.0 Å².